The van der Waals surface area contributed by atoms with Gasteiger partial charge in [-0.25, -0.2) is 4.98 Å². The highest BCUT2D eigenvalue weighted by Crippen LogP contribution is 2.34. The van der Waals surface area contributed by atoms with Crippen molar-refractivity contribution in [1.29, 1.82) is 0 Å². The Bertz CT molecular complexity index is 1320. The van der Waals surface area contributed by atoms with Gasteiger partial charge >= 0.3 is 0 Å². The smallest absolute Gasteiger partial charge is 0.274 e. The molecule has 1 unspecified atom stereocenters. The molecule has 0 aliphatic carbocycles. The Kier molecular flexibility index (Phi) is 5.43. The van der Waals surface area contributed by atoms with E-state index in [9.17, 15) is 9.59 Å². The second-order valence-corrected chi connectivity index (χ2v) is 9.49. The van der Waals surface area contributed by atoms with Crippen molar-refractivity contribution in [2.75, 3.05) is 13.6 Å². The van der Waals surface area contributed by atoms with E-state index in [1.165, 1.54) is 11.3 Å². The zero-order chi connectivity index (χ0) is 22.2. The van der Waals surface area contributed by atoms with E-state index in [4.69, 9.17) is 0 Å². The van der Waals surface area contributed by atoms with Gasteiger partial charge in [0.2, 0.25) is 0 Å². The fourth-order valence-electron chi connectivity index (χ4n) is 4.65. The van der Waals surface area contributed by atoms with E-state index in [0.717, 1.165) is 51.0 Å². The molecular weight excluding hydrogens is 420 g/mol. The predicted molar refractivity (Wildman–Crippen MR) is 128 cm³/mol. The van der Waals surface area contributed by atoms with E-state index in [0.29, 0.717) is 18.7 Å². The molecule has 1 aromatic carbocycles. The number of carbonyl (C=O) groups is 2. The topological polar surface area (TPSA) is 66.7 Å². The van der Waals surface area contributed by atoms with Crippen LogP contribution in [0.15, 0.2) is 48.8 Å². The maximum absolute atomic E-state index is 13.5. The highest BCUT2D eigenvalue weighted by atomic mass is 32.1. The van der Waals surface area contributed by atoms with Gasteiger partial charge in [-0.05, 0) is 67.3 Å². The van der Waals surface area contributed by atoms with Crippen LogP contribution in [0.25, 0.3) is 15.7 Å². The van der Waals surface area contributed by atoms with Gasteiger partial charge in [-0.1, -0.05) is 18.2 Å². The Balaban J connectivity index is 1.49. The first-order valence-electron chi connectivity index (χ1n) is 11.0. The Morgan fingerprint density at radius 1 is 1.22 bits per heavy atom. The lowest BCUT2D eigenvalue weighted by Gasteiger charge is -2.35. The van der Waals surface area contributed by atoms with Crippen molar-refractivity contribution in [3.8, 4) is 0 Å². The van der Waals surface area contributed by atoms with Crippen LogP contribution in [0.1, 0.15) is 50.5 Å². The number of carbonyl (C=O) groups excluding carboxylic acids is 2. The highest BCUT2D eigenvalue weighted by Gasteiger charge is 2.31. The van der Waals surface area contributed by atoms with Crippen LogP contribution >= 0.6 is 11.3 Å². The Labute approximate surface area is 190 Å². The van der Waals surface area contributed by atoms with Crippen LogP contribution in [-0.4, -0.2) is 45.7 Å². The molecule has 1 N–H and O–H groups in total. The van der Waals surface area contributed by atoms with Gasteiger partial charge in [-0.3, -0.25) is 9.59 Å². The summed E-state index contributed by atoms with van der Waals surface area (Å²) in [5.41, 5.74) is 3.42. The van der Waals surface area contributed by atoms with Gasteiger partial charge in [0.15, 0.2) is 0 Å². The van der Waals surface area contributed by atoms with Crippen LogP contribution < -0.4 is 5.32 Å². The van der Waals surface area contributed by atoms with Crippen LogP contribution in [0.2, 0.25) is 0 Å². The van der Waals surface area contributed by atoms with Crippen LogP contribution in [-0.2, 0) is 6.42 Å². The second-order valence-electron chi connectivity index (χ2n) is 8.43. The zero-order valence-corrected chi connectivity index (χ0v) is 19.1. The Hall–Kier alpha value is -3.19. The predicted octanol–water partition coefficient (Wildman–Crippen LogP) is 4.45. The first kappa shape index (κ1) is 20.7. The van der Waals surface area contributed by atoms with E-state index >= 15 is 0 Å². The van der Waals surface area contributed by atoms with Crippen molar-refractivity contribution >= 4 is 38.9 Å². The number of imidazole rings is 1. The SMILES string of the molecule is CNC(=O)c1sc2ccccc2c1CC1CCCCN1C(=O)c1cn2ccc(C)cc2n1. The summed E-state index contributed by atoms with van der Waals surface area (Å²) in [5.74, 6) is -0.0947. The molecule has 7 heteroatoms. The molecule has 0 spiro atoms. The van der Waals surface area contributed by atoms with Gasteiger partial charge in [0, 0.05) is 36.7 Å². The molecule has 5 rings (SSSR count). The third kappa shape index (κ3) is 3.66. The summed E-state index contributed by atoms with van der Waals surface area (Å²) in [5, 5.41) is 3.89. The van der Waals surface area contributed by atoms with Crippen LogP contribution in [0, 0.1) is 6.92 Å². The van der Waals surface area contributed by atoms with Crippen molar-refractivity contribution in [2.45, 2.75) is 38.6 Å². The molecule has 0 radical (unpaired) electrons. The van der Waals surface area contributed by atoms with Gasteiger partial charge < -0.3 is 14.6 Å². The van der Waals surface area contributed by atoms with E-state index < -0.39 is 0 Å². The molecule has 1 fully saturated rings. The van der Waals surface area contributed by atoms with Crippen LogP contribution in [0.3, 0.4) is 0 Å². The lowest BCUT2D eigenvalue weighted by molar-refractivity contribution is 0.0608. The molecule has 3 aromatic heterocycles. The van der Waals surface area contributed by atoms with Gasteiger partial charge in [0.05, 0.1) is 4.88 Å². The molecule has 164 valence electrons. The number of hydrogen-bond donors (Lipinski definition) is 1. The maximum atomic E-state index is 13.5. The van der Waals surface area contributed by atoms with E-state index in [1.807, 2.05) is 52.9 Å². The third-order valence-electron chi connectivity index (χ3n) is 6.29. The number of aryl methyl sites for hydroxylation is 1. The number of piperidine rings is 1. The average molecular weight is 447 g/mol. The number of hydrogen-bond acceptors (Lipinski definition) is 4. The molecule has 0 bridgehead atoms. The summed E-state index contributed by atoms with van der Waals surface area (Å²) in [6, 6.07) is 12.2. The van der Waals surface area contributed by atoms with Crippen molar-refractivity contribution in [1.82, 2.24) is 19.6 Å². The number of benzene rings is 1. The summed E-state index contributed by atoms with van der Waals surface area (Å²) in [7, 11) is 1.66. The molecule has 6 nitrogen and oxygen atoms in total. The molecule has 0 saturated carbocycles. The first-order valence-corrected chi connectivity index (χ1v) is 11.9. The number of likely N-dealkylation sites (tertiary alicyclic amines) is 1. The van der Waals surface area contributed by atoms with Crippen molar-refractivity contribution in [3.63, 3.8) is 0 Å². The molecule has 4 aromatic rings. The molecule has 1 atom stereocenters. The highest BCUT2D eigenvalue weighted by molar-refractivity contribution is 7.21. The third-order valence-corrected chi connectivity index (χ3v) is 7.51. The minimum atomic E-state index is -0.0643. The monoisotopic (exact) mass is 446 g/mol. The summed E-state index contributed by atoms with van der Waals surface area (Å²) in [6.45, 7) is 2.74. The van der Waals surface area contributed by atoms with E-state index in [-0.39, 0.29) is 17.9 Å². The fourth-order valence-corrected chi connectivity index (χ4v) is 5.83. The maximum Gasteiger partial charge on any atom is 0.274 e. The molecular formula is C25H26N4O2S. The summed E-state index contributed by atoms with van der Waals surface area (Å²) in [6.07, 6.45) is 7.42. The number of nitrogens with zero attached hydrogens (tertiary/aromatic N) is 3. The van der Waals surface area contributed by atoms with Crippen molar-refractivity contribution < 1.29 is 9.59 Å². The van der Waals surface area contributed by atoms with Gasteiger partial charge in [-0.2, -0.15) is 0 Å². The van der Waals surface area contributed by atoms with E-state index in [1.54, 1.807) is 7.05 Å². The summed E-state index contributed by atoms with van der Waals surface area (Å²) in [4.78, 5) is 33.4. The second kappa shape index (κ2) is 8.39. The average Bonchev–Trinajstić information content (AvgIpc) is 3.40. The zero-order valence-electron chi connectivity index (χ0n) is 18.3. The normalized spacial score (nSPS) is 16.6. The van der Waals surface area contributed by atoms with Crippen LogP contribution in [0.5, 0.6) is 0 Å². The number of rotatable bonds is 4. The van der Waals surface area contributed by atoms with Gasteiger partial charge in [-0.15, -0.1) is 11.3 Å². The number of pyridine rings is 1. The van der Waals surface area contributed by atoms with Gasteiger partial charge in [0.25, 0.3) is 11.8 Å². The summed E-state index contributed by atoms with van der Waals surface area (Å²) >= 11 is 1.52. The lowest BCUT2D eigenvalue weighted by atomic mass is 9.93. The number of nitrogens with one attached hydrogen (secondary N) is 1. The molecule has 1 aliphatic heterocycles. The van der Waals surface area contributed by atoms with Gasteiger partial charge in [0.1, 0.15) is 11.3 Å². The number of aromatic nitrogens is 2. The van der Waals surface area contributed by atoms with Crippen molar-refractivity contribution in [2.24, 2.45) is 0 Å². The molecule has 1 saturated heterocycles. The van der Waals surface area contributed by atoms with Crippen molar-refractivity contribution in [3.05, 3.63) is 70.5 Å². The van der Waals surface area contributed by atoms with Crippen LogP contribution in [0.4, 0.5) is 0 Å². The minimum absolute atomic E-state index is 0.0305. The lowest BCUT2D eigenvalue weighted by Crippen LogP contribution is -2.45. The molecule has 32 heavy (non-hydrogen) atoms. The Morgan fingerprint density at radius 2 is 2.06 bits per heavy atom. The fraction of sp³-hybridized carbons (Fsp3) is 0.320. The summed E-state index contributed by atoms with van der Waals surface area (Å²) < 4.78 is 3.00. The van der Waals surface area contributed by atoms with E-state index in [2.05, 4.69) is 22.4 Å². The number of amides is 2. The Morgan fingerprint density at radius 3 is 2.91 bits per heavy atom. The molecule has 2 amide bonds. The molecule has 1 aliphatic rings. The number of fused-ring (bicyclic) bond motifs is 2. The largest absolute Gasteiger partial charge is 0.354 e. The minimum Gasteiger partial charge on any atom is -0.354 e. The number of thiophene rings is 1. The molecule has 4 heterocycles. The quantitative estimate of drug-likeness (QED) is 0.504. The standard InChI is InChI=1S/C25H26N4O2S/c1-16-10-12-28-15-20(27-22(28)13-16)25(31)29-11-6-5-7-17(29)14-19-18-8-3-4-9-21(18)32-23(19)24(30)26-2/h3-4,8-10,12-13,15,17H,5-7,11,14H2,1-2H3,(H,26,30). The first-order chi connectivity index (χ1) is 15.5.